The number of ether oxygens (including phenoxy) is 1. The van der Waals surface area contributed by atoms with Gasteiger partial charge in [-0.25, -0.2) is 4.98 Å². The molecule has 1 aliphatic heterocycles. The lowest BCUT2D eigenvalue weighted by Crippen LogP contribution is -2.36. The third-order valence-corrected chi connectivity index (χ3v) is 4.90. The maximum atomic E-state index is 13.2. The Balaban J connectivity index is 1.69. The summed E-state index contributed by atoms with van der Waals surface area (Å²) in [6.45, 7) is 6.07. The van der Waals surface area contributed by atoms with Crippen LogP contribution in [0.3, 0.4) is 0 Å². The first kappa shape index (κ1) is 15.7. The van der Waals surface area contributed by atoms with Crippen LogP contribution in [0.15, 0.2) is 28.9 Å². The van der Waals surface area contributed by atoms with E-state index >= 15 is 0 Å². The number of methoxy groups -OCH3 is 1. The van der Waals surface area contributed by atoms with Gasteiger partial charge >= 0.3 is 0 Å². The highest BCUT2D eigenvalue weighted by Gasteiger charge is 2.28. The first-order chi connectivity index (χ1) is 12.1. The molecule has 6 nitrogen and oxygen atoms in total. The highest BCUT2D eigenvalue weighted by molar-refractivity contribution is 6.07. The minimum absolute atomic E-state index is 0.0128. The van der Waals surface area contributed by atoms with E-state index in [1.54, 1.807) is 7.11 Å². The van der Waals surface area contributed by atoms with Crippen molar-refractivity contribution in [1.29, 1.82) is 0 Å². The van der Waals surface area contributed by atoms with Crippen molar-refractivity contribution < 1.29 is 13.9 Å². The van der Waals surface area contributed by atoms with E-state index in [-0.39, 0.29) is 5.91 Å². The number of nitrogens with zero attached hydrogens (tertiary/aromatic N) is 3. The van der Waals surface area contributed by atoms with Gasteiger partial charge in [-0.2, -0.15) is 0 Å². The number of amides is 1. The maximum Gasteiger partial charge on any atom is 0.258 e. The van der Waals surface area contributed by atoms with E-state index in [0.29, 0.717) is 35.7 Å². The molecule has 1 amide bonds. The average Bonchev–Trinajstić information content (AvgIpc) is 3.19. The largest absolute Gasteiger partial charge is 0.497 e. The lowest BCUT2D eigenvalue weighted by molar-refractivity contribution is 0.0731. The second kappa shape index (κ2) is 5.95. The Morgan fingerprint density at radius 2 is 2.24 bits per heavy atom. The lowest BCUT2D eigenvalue weighted by atomic mass is 10.1. The van der Waals surface area contributed by atoms with Crippen LogP contribution in [0.4, 0.5) is 0 Å². The number of hydrogen-bond donors (Lipinski definition) is 0. The molecule has 2 aromatic heterocycles. The van der Waals surface area contributed by atoms with E-state index < -0.39 is 0 Å². The van der Waals surface area contributed by atoms with Gasteiger partial charge in [-0.1, -0.05) is 0 Å². The Bertz CT molecular complexity index is 954. The van der Waals surface area contributed by atoms with Crippen LogP contribution in [0.2, 0.25) is 0 Å². The minimum Gasteiger partial charge on any atom is -0.497 e. The van der Waals surface area contributed by atoms with Crippen molar-refractivity contribution in [2.75, 3.05) is 13.7 Å². The number of fused-ring (bicyclic) bond motifs is 2. The predicted molar refractivity (Wildman–Crippen MR) is 93.8 cm³/mol. The number of aromatic nitrogens is 2. The number of carbonyl (C=O) groups is 1. The van der Waals surface area contributed by atoms with Gasteiger partial charge in [0.25, 0.3) is 5.91 Å². The van der Waals surface area contributed by atoms with Gasteiger partial charge in [0.2, 0.25) is 0 Å². The molecular formula is C19H21N3O3. The van der Waals surface area contributed by atoms with Gasteiger partial charge < -0.3 is 18.6 Å². The summed E-state index contributed by atoms with van der Waals surface area (Å²) in [5.74, 6) is 1.34. The summed E-state index contributed by atoms with van der Waals surface area (Å²) in [7, 11) is 1.62. The normalized spacial score (nSPS) is 14.0. The molecule has 130 valence electrons. The molecule has 0 saturated carbocycles. The van der Waals surface area contributed by atoms with Gasteiger partial charge in [-0.3, -0.25) is 4.79 Å². The van der Waals surface area contributed by atoms with Crippen molar-refractivity contribution in [3.05, 3.63) is 47.2 Å². The number of rotatable bonds is 3. The van der Waals surface area contributed by atoms with Crippen LogP contribution in [0.1, 0.15) is 34.4 Å². The first-order valence-corrected chi connectivity index (χ1v) is 8.51. The standard InChI is InChI=1S/C19H21N3O3/c1-4-21-11-20-15-10-22(8-7-16(15)21)19(23)18-12(2)25-17-6-5-13(24-3)9-14(17)18/h5-6,9,11H,4,7-8,10H2,1-3H3. The molecule has 4 rings (SSSR count). The zero-order valence-electron chi connectivity index (χ0n) is 14.7. The predicted octanol–water partition coefficient (Wildman–Crippen LogP) is 3.16. The molecule has 0 spiro atoms. The van der Waals surface area contributed by atoms with E-state index in [0.717, 1.165) is 24.0 Å². The highest BCUT2D eigenvalue weighted by atomic mass is 16.5. The maximum absolute atomic E-state index is 13.2. The first-order valence-electron chi connectivity index (χ1n) is 8.51. The Morgan fingerprint density at radius 3 is 3.00 bits per heavy atom. The monoisotopic (exact) mass is 339 g/mol. The molecule has 3 aromatic rings. The van der Waals surface area contributed by atoms with E-state index in [1.807, 2.05) is 36.4 Å². The smallest absolute Gasteiger partial charge is 0.258 e. The van der Waals surface area contributed by atoms with Crippen LogP contribution >= 0.6 is 0 Å². The van der Waals surface area contributed by atoms with Crippen molar-refractivity contribution in [2.24, 2.45) is 0 Å². The van der Waals surface area contributed by atoms with Crippen LogP contribution in [0.5, 0.6) is 5.75 Å². The molecule has 0 atom stereocenters. The second-order valence-corrected chi connectivity index (χ2v) is 6.30. The van der Waals surface area contributed by atoms with Crippen molar-refractivity contribution >= 4 is 16.9 Å². The Morgan fingerprint density at radius 1 is 1.40 bits per heavy atom. The third-order valence-electron chi connectivity index (χ3n) is 4.90. The highest BCUT2D eigenvalue weighted by Crippen LogP contribution is 2.31. The van der Waals surface area contributed by atoms with E-state index in [1.165, 1.54) is 5.69 Å². The Hall–Kier alpha value is -2.76. The van der Waals surface area contributed by atoms with Gasteiger partial charge in [0.15, 0.2) is 0 Å². The van der Waals surface area contributed by atoms with E-state index in [2.05, 4.69) is 16.5 Å². The molecule has 0 unspecified atom stereocenters. The minimum atomic E-state index is -0.0128. The molecule has 0 aliphatic carbocycles. The van der Waals surface area contributed by atoms with Crippen molar-refractivity contribution in [3.8, 4) is 5.75 Å². The van der Waals surface area contributed by atoms with Gasteiger partial charge in [0.05, 0.1) is 31.2 Å². The topological polar surface area (TPSA) is 60.5 Å². The van der Waals surface area contributed by atoms with Crippen molar-refractivity contribution in [3.63, 3.8) is 0 Å². The summed E-state index contributed by atoms with van der Waals surface area (Å²) in [5, 5.41) is 0.798. The summed E-state index contributed by atoms with van der Waals surface area (Å²) >= 11 is 0. The van der Waals surface area contributed by atoms with Gasteiger partial charge in [0.1, 0.15) is 17.1 Å². The summed E-state index contributed by atoms with van der Waals surface area (Å²) in [6, 6.07) is 5.54. The quantitative estimate of drug-likeness (QED) is 0.735. The molecule has 0 N–H and O–H groups in total. The van der Waals surface area contributed by atoms with Gasteiger partial charge in [-0.05, 0) is 32.0 Å². The SMILES string of the molecule is CCn1cnc2c1CCN(C(=O)c1c(C)oc3ccc(OC)cc13)C2. The molecule has 3 heterocycles. The van der Waals surface area contributed by atoms with Crippen LogP contribution in [-0.4, -0.2) is 34.0 Å². The zero-order chi connectivity index (χ0) is 17.6. The van der Waals surface area contributed by atoms with Crippen molar-refractivity contribution in [1.82, 2.24) is 14.5 Å². The summed E-state index contributed by atoms with van der Waals surface area (Å²) in [6.07, 6.45) is 2.69. The number of hydrogen-bond acceptors (Lipinski definition) is 4. The Kier molecular flexibility index (Phi) is 3.75. The van der Waals surface area contributed by atoms with Gasteiger partial charge in [0, 0.05) is 30.6 Å². The molecule has 0 radical (unpaired) electrons. The zero-order valence-corrected chi connectivity index (χ0v) is 14.7. The summed E-state index contributed by atoms with van der Waals surface area (Å²) < 4.78 is 13.2. The summed E-state index contributed by atoms with van der Waals surface area (Å²) in [4.78, 5) is 19.5. The lowest BCUT2D eigenvalue weighted by Gasteiger charge is -2.27. The Labute approximate surface area is 146 Å². The van der Waals surface area contributed by atoms with Crippen LogP contribution in [0, 0.1) is 6.92 Å². The van der Waals surface area contributed by atoms with Crippen LogP contribution < -0.4 is 4.74 Å². The van der Waals surface area contributed by atoms with E-state index in [9.17, 15) is 4.79 Å². The van der Waals surface area contributed by atoms with Crippen LogP contribution in [0.25, 0.3) is 11.0 Å². The fourth-order valence-corrected chi connectivity index (χ4v) is 3.57. The molecule has 6 heteroatoms. The molecule has 0 saturated heterocycles. The number of benzene rings is 1. The van der Waals surface area contributed by atoms with Crippen LogP contribution in [-0.2, 0) is 19.5 Å². The number of furan rings is 1. The molecule has 1 aliphatic rings. The second-order valence-electron chi connectivity index (χ2n) is 6.30. The van der Waals surface area contributed by atoms with Crippen molar-refractivity contribution in [2.45, 2.75) is 33.4 Å². The molecule has 0 bridgehead atoms. The molecular weight excluding hydrogens is 318 g/mol. The third kappa shape index (κ3) is 2.49. The molecule has 25 heavy (non-hydrogen) atoms. The molecule has 0 fully saturated rings. The summed E-state index contributed by atoms with van der Waals surface area (Å²) in [5.41, 5.74) is 3.55. The number of carbonyl (C=O) groups excluding carboxylic acids is 1. The van der Waals surface area contributed by atoms with Gasteiger partial charge in [-0.15, -0.1) is 0 Å². The number of aryl methyl sites for hydroxylation is 2. The number of imidazole rings is 1. The van der Waals surface area contributed by atoms with E-state index in [4.69, 9.17) is 9.15 Å². The average molecular weight is 339 g/mol. The fourth-order valence-electron chi connectivity index (χ4n) is 3.57. The molecule has 1 aromatic carbocycles. The fraction of sp³-hybridized carbons (Fsp3) is 0.368.